The number of nitrogens with zero attached hydrogens (tertiary/aromatic N) is 2. The zero-order valence-electron chi connectivity index (χ0n) is 18.3. The summed E-state index contributed by atoms with van der Waals surface area (Å²) in [5.74, 6) is -4.40. The van der Waals surface area contributed by atoms with E-state index in [2.05, 4.69) is 15.5 Å². The van der Waals surface area contributed by atoms with Gasteiger partial charge in [0.2, 0.25) is 0 Å². The highest BCUT2D eigenvalue weighted by atomic mass is 32.2. The van der Waals surface area contributed by atoms with Gasteiger partial charge in [0.1, 0.15) is 10.8 Å². The van der Waals surface area contributed by atoms with E-state index >= 15 is 0 Å². The van der Waals surface area contributed by atoms with Crippen molar-refractivity contribution in [3.63, 3.8) is 0 Å². The first kappa shape index (κ1) is 25.4. The molecule has 1 heterocycles. The smallest absolute Gasteiger partial charge is 0.346 e. The van der Waals surface area contributed by atoms with Crippen LogP contribution in [0.1, 0.15) is 38.3 Å². The molecule has 1 amide bonds. The van der Waals surface area contributed by atoms with Gasteiger partial charge in [-0.15, -0.1) is 5.10 Å². The summed E-state index contributed by atoms with van der Waals surface area (Å²) >= 11 is 0. The fourth-order valence-electron chi connectivity index (χ4n) is 3.44. The van der Waals surface area contributed by atoms with E-state index in [1.807, 2.05) is 0 Å². The van der Waals surface area contributed by atoms with Crippen LogP contribution in [0.3, 0.4) is 0 Å². The summed E-state index contributed by atoms with van der Waals surface area (Å²) in [5, 5.41) is 9.14. The number of alkyl halides is 5. The molecule has 0 spiro atoms. The second kappa shape index (κ2) is 9.57. The molecule has 0 unspecified atom stereocenters. The van der Waals surface area contributed by atoms with E-state index in [0.717, 1.165) is 12.1 Å². The minimum atomic E-state index is -4.67. The molecule has 0 bridgehead atoms. The van der Waals surface area contributed by atoms with E-state index in [0.29, 0.717) is 17.2 Å². The molecule has 1 atom stereocenters. The van der Waals surface area contributed by atoms with Gasteiger partial charge in [-0.05, 0) is 56.2 Å². The maximum absolute atomic E-state index is 14.9. The van der Waals surface area contributed by atoms with Crippen LogP contribution in [-0.2, 0) is 22.9 Å². The predicted molar refractivity (Wildman–Crippen MR) is 115 cm³/mol. The molecule has 3 aromatic rings. The van der Waals surface area contributed by atoms with E-state index in [1.54, 1.807) is 6.07 Å². The maximum atomic E-state index is 14.9. The van der Waals surface area contributed by atoms with Gasteiger partial charge in [-0.25, -0.2) is 4.21 Å². The molecule has 0 aliphatic rings. The van der Waals surface area contributed by atoms with Crippen LogP contribution in [0.25, 0.3) is 0 Å². The zero-order chi connectivity index (χ0) is 25.3. The molecule has 2 aromatic carbocycles. The Morgan fingerprint density at radius 2 is 1.56 bits per heavy atom. The van der Waals surface area contributed by atoms with Crippen LogP contribution in [0.4, 0.5) is 22.0 Å². The largest absolute Gasteiger partial charge is 0.416 e. The molecule has 3 rings (SSSR count). The van der Waals surface area contributed by atoms with Crippen LogP contribution in [0.2, 0.25) is 0 Å². The summed E-state index contributed by atoms with van der Waals surface area (Å²) in [6.45, 7) is 3.50. The number of rotatable bonds is 6. The number of carbonyl (C=O) groups is 1. The lowest BCUT2D eigenvalue weighted by atomic mass is 9.97. The number of hydrogen-bond donors (Lipinski definition) is 1. The van der Waals surface area contributed by atoms with Crippen LogP contribution in [0.5, 0.6) is 0 Å². The van der Waals surface area contributed by atoms with Crippen LogP contribution in [0, 0.1) is 20.8 Å². The molecular formula is C23H20F5N3O2S. The first-order valence-corrected chi connectivity index (χ1v) is 11.1. The normalized spacial score (nSPS) is 12.9. The fourth-order valence-corrected chi connectivity index (χ4v) is 4.57. The van der Waals surface area contributed by atoms with Gasteiger partial charge in [0.05, 0.1) is 23.4 Å². The Labute approximate surface area is 194 Å². The van der Waals surface area contributed by atoms with Gasteiger partial charge in [0.25, 0.3) is 11.8 Å². The standard InChI is InChI=1S/C23H20F5N3O2S/c1-13-6-4-7-14(2)19(13)22(24,25)12-29-20(32)18-10-15(3)30-31-21(18)34(33)17-9-5-8-16(11-17)23(26,27)28/h4-11H,12H2,1-3H3,(H,29,32)/t34-/m0/s1. The van der Waals surface area contributed by atoms with Crippen LogP contribution in [0.15, 0.2) is 58.5 Å². The minimum Gasteiger partial charge on any atom is -0.346 e. The van der Waals surface area contributed by atoms with Crippen LogP contribution >= 0.6 is 0 Å². The van der Waals surface area contributed by atoms with E-state index in [9.17, 15) is 31.0 Å². The number of aryl methyl sites for hydroxylation is 3. The molecule has 0 radical (unpaired) electrons. The molecule has 11 heteroatoms. The third kappa shape index (κ3) is 5.46. The quantitative estimate of drug-likeness (QED) is 0.481. The van der Waals surface area contributed by atoms with Gasteiger partial charge in [-0.3, -0.25) is 4.79 Å². The molecule has 0 fully saturated rings. The Morgan fingerprint density at radius 3 is 2.18 bits per heavy atom. The topological polar surface area (TPSA) is 72.0 Å². The average Bonchev–Trinajstić information content (AvgIpc) is 2.76. The molecule has 0 saturated carbocycles. The van der Waals surface area contributed by atoms with Crippen molar-refractivity contribution in [2.45, 2.75) is 42.8 Å². The fraction of sp³-hybridized carbons (Fsp3) is 0.261. The van der Waals surface area contributed by atoms with Crippen molar-refractivity contribution in [1.82, 2.24) is 15.5 Å². The van der Waals surface area contributed by atoms with Crippen LogP contribution in [-0.4, -0.2) is 26.9 Å². The van der Waals surface area contributed by atoms with E-state index in [4.69, 9.17) is 0 Å². The summed E-state index contributed by atoms with van der Waals surface area (Å²) in [7, 11) is -2.32. The molecule has 0 aliphatic heterocycles. The van der Waals surface area contributed by atoms with E-state index in [-0.39, 0.29) is 21.7 Å². The lowest BCUT2D eigenvalue weighted by Crippen LogP contribution is -2.36. The van der Waals surface area contributed by atoms with Crippen molar-refractivity contribution in [3.8, 4) is 0 Å². The summed E-state index contributed by atoms with van der Waals surface area (Å²) in [6.07, 6.45) is -4.67. The van der Waals surface area contributed by atoms with Gasteiger partial charge in [-0.1, -0.05) is 24.3 Å². The van der Waals surface area contributed by atoms with Gasteiger partial charge in [-0.2, -0.15) is 27.1 Å². The highest BCUT2D eigenvalue weighted by Gasteiger charge is 2.36. The average molecular weight is 497 g/mol. The number of halogens is 5. The molecule has 180 valence electrons. The summed E-state index contributed by atoms with van der Waals surface area (Å²) in [4.78, 5) is 12.5. The summed E-state index contributed by atoms with van der Waals surface area (Å²) < 4.78 is 81.9. The number of amides is 1. The Morgan fingerprint density at radius 1 is 0.941 bits per heavy atom. The number of benzene rings is 2. The van der Waals surface area contributed by atoms with Crippen molar-refractivity contribution >= 4 is 16.7 Å². The Kier molecular flexibility index (Phi) is 7.15. The maximum Gasteiger partial charge on any atom is 0.416 e. The highest BCUT2D eigenvalue weighted by molar-refractivity contribution is 7.85. The van der Waals surface area contributed by atoms with E-state index in [1.165, 1.54) is 45.0 Å². The Hall–Kier alpha value is -3.21. The van der Waals surface area contributed by atoms with Crippen molar-refractivity contribution in [2.24, 2.45) is 0 Å². The zero-order valence-corrected chi connectivity index (χ0v) is 19.2. The number of carbonyl (C=O) groups excluding carboxylic acids is 1. The van der Waals surface area contributed by atoms with Gasteiger partial charge in [0, 0.05) is 10.5 Å². The molecule has 1 N–H and O–H groups in total. The molecule has 0 aliphatic carbocycles. The van der Waals surface area contributed by atoms with Gasteiger partial charge in [0.15, 0.2) is 5.03 Å². The SMILES string of the molecule is Cc1cc(C(=O)NCC(F)(F)c2c(C)cccc2C)c([S@@](=O)c2cccc(C(F)(F)F)c2)nn1. The highest BCUT2D eigenvalue weighted by Crippen LogP contribution is 2.33. The lowest BCUT2D eigenvalue weighted by molar-refractivity contribution is -0.137. The first-order valence-electron chi connectivity index (χ1n) is 9.97. The molecular weight excluding hydrogens is 477 g/mol. The lowest BCUT2D eigenvalue weighted by Gasteiger charge is -2.21. The third-order valence-electron chi connectivity index (χ3n) is 5.00. The third-order valence-corrected chi connectivity index (χ3v) is 6.33. The number of hydrogen-bond acceptors (Lipinski definition) is 4. The van der Waals surface area contributed by atoms with Gasteiger partial charge < -0.3 is 5.32 Å². The predicted octanol–water partition coefficient (Wildman–Crippen LogP) is 5.11. The van der Waals surface area contributed by atoms with Crippen molar-refractivity contribution < 1.29 is 31.0 Å². The van der Waals surface area contributed by atoms with Crippen molar-refractivity contribution in [1.29, 1.82) is 0 Å². The molecule has 1 aromatic heterocycles. The molecule has 34 heavy (non-hydrogen) atoms. The second-order valence-electron chi connectivity index (χ2n) is 7.65. The van der Waals surface area contributed by atoms with Crippen molar-refractivity contribution in [2.75, 3.05) is 6.54 Å². The monoisotopic (exact) mass is 497 g/mol. The Bertz CT molecular complexity index is 1240. The first-order chi connectivity index (χ1) is 15.8. The Balaban J connectivity index is 1.91. The van der Waals surface area contributed by atoms with Crippen LogP contribution < -0.4 is 5.32 Å². The van der Waals surface area contributed by atoms with Crippen molar-refractivity contribution in [3.05, 3.63) is 82.0 Å². The minimum absolute atomic E-state index is 0.216. The molecule has 0 saturated heterocycles. The number of nitrogens with one attached hydrogen (secondary N) is 1. The second-order valence-corrected chi connectivity index (χ2v) is 9.05. The van der Waals surface area contributed by atoms with Gasteiger partial charge >= 0.3 is 6.18 Å². The summed E-state index contributed by atoms with van der Waals surface area (Å²) in [5.41, 5.74) is -0.624. The number of aromatic nitrogens is 2. The molecule has 5 nitrogen and oxygen atoms in total. The summed E-state index contributed by atoms with van der Waals surface area (Å²) in [6, 6.07) is 9.64. The van der Waals surface area contributed by atoms with E-state index < -0.39 is 45.9 Å².